The highest BCUT2D eigenvalue weighted by Crippen LogP contribution is 2.24. The fourth-order valence-electron chi connectivity index (χ4n) is 1.94. The molecule has 1 amide bonds. The summed E-state index contributed by atoms with van der Waals surface area (Å²) in [7, 11) is 3.62. The van der Waals surface area contributed by atoms with Gasteiger partial charge in [0.25, 0.3) is 5.69 Å². The van der Waals surface area contributed by atoms with E-state index in [1.165, 1.54) is 18.4 Å². The molecule has 0 aliphatic rings. The van der Waals surface area contributed by atoms with Crippen molar-refractivity contribution in [3.63, 3.8) is 0 Å². The molecule has 0 saturated heterocycles. The zero-order valence-corrected chi connectivity index (χ0v) is 15.5. The number of hydrogen-bond acceptors (Lipinski definition) is 6. The first-order valence-corrected chi connectivity index (χ1v) is 8.66. The number of anilines is 1. The monoisotopic (exact) mass is 444 g/mol. The quantitative estimate of drug-likeness (QED) is 0.282. The average molecular weight is 444 g/mol. The highest BCUT2D eigenvalue weighted by Gasteiger charge is 2.13. The molecule has 8 nitrogen and oxygen atoms in total. The third kappa shape index (κ3) is 4.43. The second-order valence-electron chi connectivity index (χ2n) is 5.19. The molecule has 2 aromatic rings. The van der Waals surface area contributed by atoms with Crippen molar-refractivity contribution in [2.75, 3.05) is 36.5 Å². The molecule has 0 N–H and O–H groups in total. The number of alkyl halides is 1. The highest BCUT2D eigenvalue weighted by molar-refractivity contribution is 14.1. The van der Waals surface area contributed by atoms with Crippen molar-refractivity contribution in [1.82, 2.24) is 9.88 Å². The number of aromatic nitrogens is 1. The summed E-state index contributed by atoms with van der Waals surface area (Å²) < 4.78 is 5.89. The van der Waals surface area contributed by atoms with Crippen LogP contribution in [0.3, 0.4) is 0 Å². The van der Waals surface area contributed by atoms with Crippen molar-refractivity contribution >= 4 is 40.0 Å². The molecule has 2 rings (SSSR count). The van der Waals surface area contributed by atoms with Crippen LogP contribution in [0.4, 0.5) is 11.5 Å². The van der Waals surface area contributed by atoms with Gasteiger partial charge in [-0.25, -0.2) is 0 Å². The first kappa shape index (κ1) is 18.2. The number of amides is 1. The Labute approximate surface area is 152 Å². The molecule has 0 aliphatic heterocycles. The summed E-state index contributed by atoms with van der Waals surface area (Å²) in [6.45, 7) is 1.20. The molecule has 0 saturated carbocycles. The molecule has 0 fully saturated rings. The second-order valence-corrected chi connectivity index (χ2v) is 5.95. The van der Waals surface area contributed by atoms with Crippen molar-refractivity contribution in [3.8, 4) is 11.5 Å². The smallest absolute Gasteiger partial charge is 0.269 e. The lowest BCUT2D eigenvalue weighted by Gasteiger charge is -2.21. The maximum atomic E-state index is 11.5. The van der Waals surface area contributed by atoms with E-state index in [1.807, 2.05) is 34.5 Å². The van der Waals surface area contributed by atoms with Crippen LogP contribution < -0.4 is 4.90 Å². The molecule has 0 atom stereocenters. The third-order valence-corrected chi connectivity index (χ3v) is 4.17. The maximum absolute atomic E-state index is 11.5. The average Bonchev–Trinajstić information content (AvgIpc) is 3.08. The van der Waals surface area contributed by atoms with Gasteiger partial charge in [0.1, 0.15) is 6.26 Å². The number of rotatable bonds is 7. The summed E-state index contributed by atoms with van der Waals surface area (Å²) >= 11 is 2.04. The standard InChI is InChI=1S/C15H17IN4O4/c1-18(7-8-19(2)14(21)9-16)13-10-24-15(17-13)11-3-5-12(6-4-11)20(22)23/h3-6,10H,7-9H2,1-2H3. The van der Waals surface area contributed by atoms with Crippen LogP contribution in [0.25, 0.3) is 11.5 Å². The minimum absolute atomic E-state index is 0.0191. The molecule has 0 unspecified atom stereocenters. The van der Waals surface area contributed by atoms with Crippen LogP contribution in [0.5, 0.6) is 0 Å². The van der Waals surface area contributed by atoms with E-state index in [0.29, 0.717) is 34.8 Å². The van der Waals surface area contributed by atoms with Gasteiger partial charge in [-0.05, 0) is 12.1 Å². The molecule has 128 valence electrons. The van der Waals surface area contributed by atoms with E-state index in [9.17, 15) is 14.9 Å². The van der Waals surface area contributed by atoms with Gasteiger partial charge in [-0.15, -0.1) is 0 Å². The molecule has 24 heavy (non-hydrogen) atoms. The molecular weight excluding hydrogens is 427 g/mol. The predicted molar refractivity (Wildman–Crippen MR) is 98.4 cm³/mol. The van der Waals surface area contributed by atoms with E-state index < -0.39 is 4.92 Å². The molecule has 0 aliphatic carbocycles. The summed E-state index contributed by atoms with van der Waals surface area (Å²) in [6.07, 6.45) is 1.52. The highest BCUT2D eigenvalue weighted by atomic mass is 127. The number of hydrogen-bond donors (Lipinski definition) is 0. The molecule has 1 heterocycles. The Morgan fingerprint density at radius 1 is 1.29 bits per heavy atom. The zero-order valence-electron chi connectivity index (χ0n) is 13.3. The Kier molecular flexibility index (Phi) is 6.12. The Morgan fingerprint density at radius 3 is 2.54 bits per heavy atom. The molecular formula is C15H17IN4O4. The fourth-order valence-corrected chi connectivity index (χ4v) is 2.52. The number of nitrogens with zero attached hydrogens (tertiary/aromatic N) is 4. The number of carbonyl (C=O) groups is 1. The minimum atomic E-state index is -0.452. The van der Waals surface area contributed by atoms with Crippen LogP contribution in [-0.4, -0.2) is 52.3 Å². The number of likely N-dealkylation sites (N-methyl/N-ethyl adjacent to an activating group) is 2. The van der Waals surface area contributed by atoms with Gasteiger partial charge in [-0.3, -0.25) is 14.9 Å². The summed E-state index contributed by atoms with van der Waals surface area (Å²) in [5.74, 6) is 1.11. The first-order valence-electron chi connectivity index (χ1n) is 7.13. The zero-order chi connectivity index (χ0) is 17.7. The van der Waals surface area contributed by atoms with Gasteiger partial charge in [0.15, 0.2) is 5.82 Å². The molecule has 1 aromatic heterocycles. The van der Waals surface area contributed by atoms with E-state index in [-0.39, 0.29) is 11.6 Å². The molecule has 0 spiro atoms. The van der Waals surface area contributed by atoms with Gasteiger partial charge >= 0.3 is 0 Å². The van der Waals surface area contributed by atoms with Crippen LogP contribution in [0.15, 0.2) is 34.9 Å². The van der Waals surface area contributed by atoms with Crippen molar-refractivity contribution in [3.05, 3.63) is 40.6 Å². The topological polar surface area (TPSA) is 92.7 Å². The lowest BCUT2D eigenvalue weighted by atomic mass is 10.2. The van der Waals surface area contributed by atoms with E-state index in [4.69, 9.17) is 4.42 Å². The molecule has 0 radical (unpaired) electrons. The predicted octanol–water partition coefficient (Wildman–Crippen LogP) is 2.58. The second kappa shape index (κ2) is 8.08. The molecule has 9 heteroatoms. The fraction of sp³-hybridized carbons (Fsp3) is 0.333. The molecule has 0 bridgehead atoms. The van der Waals surface area contributed by atoms with Gasteiger partial charge in [0.05, 0.1) is 9.35 Å². The lowest BCUT2D eigenvalue weighted by Crippen LogP contribution is -2.35. The summed E-state index contributed by atoms with van der Waals surface area (Å²) in [5.41, 5.74) is 0.683. The Balaban J connectivity index is 2.01. The van der Waals surface area contributed by atoms with Crippen LogP contribution >= 0.6 is 22.6 Å². The van der Waals surface area contributed by atoms with E-state index in [1.54, 1.807) is 24.1 Å². The van der Waals surface area contributed by atoms with Gasteiger partial charge < -0.3 is 14.2 Å². The number of nitro benzene ring substituents is 1. The minimum Gasteiger partial charge on any atom is -0.442 e. The number of nitro groups is 1. The van der Waals surface area contributed by atoms with Crippen LogP contribution in [0, 0.1) is 10.1 Å². The van der Waals surface area contributed by atoms with Crippen molar-refractivity contribution in [1.29, 1.82) is 0 Å². The van der Waals surface area contributed by atoms with Gasteiger partial charge in [0, 0.05) is 44.9 Å². The summed E-state index contributed by atoms with van der Waals surface area (Å²) in [6, 6.07) is 6.02. The largest absolute Gasteiger partial charge is 0.442 e. The number of carbonyl (C=O) groups excluding carboxylic acids is 1. The Bertz CT molecular complexity index is 717. The van der Waals surface area contributed by atoms with Crippen LogP contribution in [0.1, 0.15) is 0 Å². The SMILES string of the molecule is CN(CCN(C)c1coc(-c2ccc([N+](=O)[O-])cc2)n1)C(=O)CI. The van der Waals surface area contributed by atoms with E-state index in [0.717, 1.165) is 0 Å². The number of halogens is 1. The Morgan fingerprint density at radius 2 is 1.96 bits per heavy atom. The third-order valence-electron chi connectivity index (χ3n) is 3.52. The van der Waals surface area contributed by atoms with Gasteiger partial charge in [0.2, 0.25) is 11.8 Å². The van der Waals surface area contributed by atoms with Crippen LogP contribution in [0.2, 0.25) is 0 Å². The van der Waals surface area contributed by atoms with E-state index >= 15 is 0 Å². The Hall–Kier alpha value is -2.17. The first-order chi connectivity index (χ1) is 11.4. The van der Waals surface area contributed by atoms with Crippen LogP contribution in [-0.2, 0) is 4.79 Å². The van der Waals surface area contributed by atoms with E-state index in [2.05, 4.69) is 4.98 Å². The van der Waals surface area contributed by atoms with Crippen molar-refractivity contribution < 1.29 is 14.1 Å². The normalized spacial score (nSPS) is 10.5. The lowest BCUT2D eigenvalue weighted by molar-refractivity contribution is -0.384. The number of benzene rings is 1. The van der Waals surface area contributed by atoms with Gasteiger partial charge in [-0.2, -0.15) is 4.98 Å². The number of oxazole rings is 1. The molecule has 1 aromatic carbocycles. The maximum Gasteiger partial charge on any atom is 0.269 e. The number of non-ortho nitro benzene ring substituents is 1. The van der Waals surface area contributed by atoms with Gasteiger partial charge in [-0.1, -0.05) is 22.6 Å². The van der Waals surface area contributed by atoms with Crippen molar-refractivity contribution in [2.45, 2.75) is 0 Å². The summed E-state index contributed by atoms with van der Waals surface area (Å²) in [5, 5.41) is 10.7. The summed E-state index contributed by atoms with van der Waals surface area (Å²) in [4.78, 5) is 29.7. The van der Waals surface area contributed by atoms with Crippen molar-refractivity contribution in [2.24, 2.45) is 0 Å².